The first-order chi connectivity index (χ1) is 6.81. The molecule has 75 valence electrons. The van der Waals surface area contributed by atoms with Crippen LogP contribution in [0.2, 0.25) is 0 Å². The molecule has 1 rings (SSSR count). The molecule has 0 bridgehead atoms. The molecule has 3 radical (unpaired) electrons. The van der Waals surface area contributed by atoms with Crippen molar-refractivity contribution in [2.75, 3.05) is 7.11 Å². The average Bonchev–Trinajstić information content (AvgIpc) is 2.25. The van der Waals surface area contributed by atoms with Crippen LogP contribution in [0.1, 0.15) is 25.3 Å². The summed E-state index contributed by atoms with van der Waals surface area (Å²) in [5.74, 6) is 1.75. The molecule has 0 atom stereocenters. The summed E-state index contributed by atoms with van der Waals surface area (Å²) < 4.78 is 10.3. The number of hydrogen-bond donors (Lipinski definition) is 0. The van der Waals surface area contributed by atoms with Gasteiger partial charge in [-0.25, -0.2) is 0 Å². The van der Waals surface area contributed by atoms with Crippen LogP contribution in [0.4, 0.5) is 0 Å². The van der Waals surface area contributed by atoms with Crippen molar-refractivity contribution in [3.05, 3.63) is 23.8 Å². The lowest BCUT2D eigenvalue weighted by Gasteiger charge is -2.09. The third-order valence-electron chi connectivity index (χ3n) is 2.18. The summed E-state index contributed by atoms with van der Waals surface area (Å²) in [4.78, 5) is 0. The number of methoxy groups -OCH3 is 1. The summed E-state index contributed by atoms with van der Waals surface area (Å²) in [6, 6.07) is 5.83. The second kappa shape index (κ2) is 5.70. The van der Waals surface area contributed by atoms with E-state index in [9.17, 15) is 0 Å². The van der Waals surface area contributed by atoms with Gasteiger partial charge in [0.25, 0.3) is 0 Å². The molecular formula is C11H15O2Si. The van der Waals surface area contributed by atoms with Crippen molar-refractivity contribution in [3.63, 3.8) is 0 Å². The lowest BCUT2D eigenvalue weighted by Crippen LogP contribution is -1.94. The fourth-order valence-electron chi connectivity index (χ4n) is 1.34. The highest BCUT2D eigenvalue weighted by atomic mass is 28.2. The molecule has 0 unspecified atom stereocenters. The quantitative estimate of drug-likeness (QED) is 0.691. The van der Waals surface area contributed by atoms with E-state index in [0.29, 0.717) is 0 Å². The molecule has 0 fully saturated rings. The Hall–Kier alpha value is -0.963. The first-order valence-electron chi connectivity index (χ1n) is 4.82. The molecular weight excluding hydrogens is 192 g/mol. The van der Waals surface area contributed by atoms with E-state index in [1.165, 1.54) is 12.0 Å². The fraction of sp³-hybridized carbons (Fsp3) is 0.455. The molecule has 0 N–H and O–H groups in total. The number of hydrogen-bond acceptors (Lipinski definition) is 2. The number of aryl methyl sites for hydroxylation is 1. The predicted octanol–water partition coefficient (Wildman–Crippen LogP) is 2.50. The molecule has 2 nitrogen and oxygen atoms in total. The molecule has 0 heterocycles. The van der Waals surface area contributed by atoms with Crippen molar-refractivity contribution in [1.29, 1.82) is 0 Å². The molecule has 0 saturated heterocycles. The molecule has 0 amide bonds. The largest absolute Gasteiger partial charge is 0.540 e. The van der Waals surface area contributed by atoms with Crippen LogP contribution in [0, 0.1) is 0 Å². The summed E-state index contributed by atoms with van der Waals surface area (Å²) in [5, 5.41) is 0. The van der Waals surface area contributed by atoms with Gasteiger partial charge in [-0.3, -0.25) is 0 Å². The molecule has 3 heteroatoms. The van der Waals surface area contributed by atoms with Gasteiger partial charge in [0.1, 0.15) is 11.5 Å². The van der Waals surface area contributed by atoms with Crippen LogP contribution in [0.15, 0.2) is 18.2 Å². The van der Waals surface area contributed by atoms with E-state index >= 15 is 0 Å². The minimum Gasteiger partial charge on any atom is -0.540 e. The molecule has 1 aromatic carbocycles. The standard InChI is InChI=1S/C11H15O2Si/c1-3-4-5-9-8-10(12-2)6-7-11(9)13-14/h6-8H,3-5H2,1-2H3. The van der Waals surface area contributed by atoms with E-state index in [1.54, 1.807) is 7.11 Å². The van der Waals surface area contributed by atoms with E-state index < -0.39 is 0 Å². The Bertz CT molecular complexity index is 287. The molecule has 0 aliphatic rings. The highest BCUT2D eigenvalue weighted by molar-refractivity contribution is 6.00. The third kappa shape index (κ3) is 2.77. The van der Waals surface area contributed by atoms with Crippen LogP contribution in [0.25, 0.3) is 0 Å². The van der Waals surface area contributed by atoms with Crippen molar-refractivity contribution < 1.29 is 9.16 Å². The first-order valence-corrected chi connectivity index (χ1v) is 5.23. The van der Waals surface area contributed by atoms with Gasteiger partial charge >= 0.3 is 10.5 Å². The predicted molar refractivity (Wildman–Crippen MR) is 58.0 cm³/mol. The van der Waals surface area contributed by atoms with E-state index in [4.69, 9.17) is 9.16 Å². The zero-order valence-corrected chi connectivity index (χ0v) is 9.67. The van der Waals surface area contributed by atoms with Crippen molar-refractivity contribution in [1.82, 2.24) is 0 Å². The highest BCUT2D eigenvalue weighted by Crippen LogP contribution is 2.25. The van der Waals surface area contributed by atoms with E-state index in [-0.39, 0.29) is 0 Å². The summed E-state index contributed by atoms with van der Waals surface area (Å²) >= 11 is 0. The Morgan fingerprint density at radius 2 is 2.14 bits per heavy atom. The van der Waals surface area contributed by atoms with E-state index in [1.807, 2.05) is 18.2 Å². The molecule has 0 aromatic heterocycles. The maximum absolute atomic E-state index is 5.16. The van der Waals surface area contributed by atoms with E-state index in [2.05, 4.69) is 17.4 Å². The number of unbranched alkanes of at least 4 members (excludes halogenated alkanes) is 1. The van der Waals surface area contributed by atoms with Gasteiger partial charge in [-0.2, -0.15) is 0 Å². The Kier molecular flexibility index (Phi) is 4.53. The smallest absolute Gasteiger partial charge is 0.341 e. The topological polar surface area (TPSA) is 18.5 Å². The number of ether oxygens (including phenoxy) is 1. The molecule has 1 aromatic rings. The second-order valence-electron chi connectivity index (χ2n) is 3.18. The molecule has 0 aliphatic carbocycles. The molecule has 0 saturated carbocycles. The van der Waals surface area contributed by atoms with Gasteiger partial charge in [-0.15, -0.1) is 0 Å². The minimum atomic E-state index is 0.871. The number of benzene rings is 1. The zero-order chi connectivity index (χ0) is 10.4. The van der Waals surface area contributed by atoms with Gasteiger partial charge in [0.2, 0.25) is 0 Å². The lowest BCUT2D eigenvalue weighted by atomic mass is 10.1. The second-order valence-corrected chi connectivity index (χ2v) is 3.38. The zero-order valence-electron chi connectivity index (χ0n) is 8.67. The van der Waals surface area contributed by atoms with E-state index in [0.717, 1.165) is 24.3 Å². The summed E-state index contributed by atoms with van der Waals surface area (Å²) in [7, 11) is 4.73. The highest BCUT2D eigenvalue weighted by Gasteiger charge is 2.03. The van der Waals surface area contributed by atoms with Gasteiger partial charge in [0, 0.05) is 0 Å². The summed E-state index contributed by atoms with van der Waals surface area (Å²) in [6.45, 7) is 2.17. The molecule has 14 heavy (non-hydrogen) atoms. The van der Waals surface area contributed by atoms with Gasteiger partial charge in [0.05, 0.1) is 7.11 Å². The van der Waals surface area contributed by atoms with Crippen LogP contribution < -0.4 is 9.16 Å². The Morgan fingerprint density at radius 3 is 2.71 bits per heavy atom. The first kappa shape index (κ1) is 11.1. The number of rotatable bonds is 5. The van der Waals surface area contributed by atoms with Crippen LogP contribution in [0.5, 0.6) is 11.5 Å². The Labute approximate surface area is 88.8 Å². The van der Waals surface area contributed by atoms with Gasteiger partial charge in [-0.1, -0.05) is 13.3 Å². The Balaban J connectivity index is 2.84. The monoisotopic (exact) mass is 207 g/mol. The van der Waals surface area contributed by atoms with Gasteiger partial charge in [-0.05, 0) is 36.6 Å². The van der Waals surface area contributed by atoms with Crippen molar-refractivity contribution in [2.45, 2.75) is 26.2 Å². The summed E-state index contributed by atoms with van der Waals surface area (Å²) in [5.41, 5.74) is 1.18. The van der Waals surface area contributed by atoms with Crippen molar-refractivity contribution >= 4 is 10.5 Å². The molecule has 0 aliphatic heterocycles. The maximum atomic E-state index is 5.16. The third-order valence-corrected chi connectivity index (χ3v) is 2.40. The lowest BCUT2D eigenvalue weighted by molar-refractivity contribution is 0.413. The van der Waals surface area contributed by atoms with Gasteiger partial charge < -0.3 is 9.16 Å². The SMILES string of the molecule is CCCCc1cc(OC)ccc1O[Si]. The van der Waals surface area contributed by atoms with Crippen molar-refractivity contribution in [2.24, 2.45) is 0 Å². The normalized spacial score (nSPS) is 9.93. The van der Waals surface area contributed by atoms with Crippen LogP contribution >= 0.6 is 0 Å². The average molecular weight is 207 g/mol. The van der Waals surface area contributed by atoms with Crippen LogP contribution in [0.3, 0.4) is 0 Å². The van der Waals surface area contributed by atoms with Gasteiger partial charge in [0.15, 0.2) is 0 Å². The van der Waals surface area contributed by atoms with Crippen LogP contribution in [-0.2, 0) is 6.42 Å². The summed E-state index contributed by atoms with van der Waals surface area (Å²) in [6.07, 6.45) is 3.36. The van der Waals surface area contributed by atoms with Crippen LogP contribution in [-0.4, -0.2) is 17.6 Å². The van der Waals surface area contributed by atoms with Crippen molar-refractivity contribution in [3.8, 4) is 11.5 Å². The fourth-order valence-corrected chi connectivity index (χ4v) is 1.54. The maximum Gasteiger partial charge on any atom is 0.341 e. The molecule has 0 spiro atoms. The Morgan fingerprint density at radius 1 is 1.36 bits per heavy atom. The minimum absolute atomic E-state index is 0.871.